The standard InChI is InChI=1S/C24H27N5O2/c1-24(2,3)17-6-10-19(11-7-17)29(23(31)20-14-26-15-27-20)21(16-5-4-12-25-13-16)22(30)28-18-8-9-18/h4-7,10-15,18,21H,8-9H2,1-3H3,(H,26,27)(H,28,30). The summed E-state index contributed by atoms with van der Waals surface area (Å²) in [5, 5.41) is 3.05. The molecule has 0 bridgehead atoms. The minimum atomic E-state index is -0.856. The van der Waals surface area contributed by atoms with E-state index in [1.54, 1.807) is 18.5 Å². The van der Waals surface area contributed by atoms with Crippen molar-refractivity contribution < 1.29 is 9.59 Å². The van der Waals surface area contributed by atoms with E-state index in [0.717, 1.165) is 18.4 Å². The van der Waals surface area contributed by atoms with Gasteiger partial charge in [-0.05, 0) is 42.0 Å². The lowest BCUT2D eigenvalue weighted by molar-refractivity contribution is -0.122. The van der Waals surface area contributed by atoms with Gasteiger partial charge in [0.1, 0.15) is 11.7 Å². The van der Waals surface area contributed by atoms with Crippen LogP contribution in [0.1, 0.15) is 61.3 Å². The number of carbonyl (C=O) groups excluding carboxylic acids is 2. The van der Waals surface area contributed by atoms with Crippen LogP contribution in [0.3, 0.4) is 0 Å². The highest BCUT2D eigenvalue weighted by Gasteiger charge is 2.36. The van der Waals surface area contributed by atoms with E-state index in [1.165, 1.54) is 17.4 Å². The second-order valence-electron chi connectivity index (χ2n) is 8.91. The molecular formula is C24H27N5O2. The molecular weight excluding hydrogens is 390 g/mol. The van der Waals surface area contributed by atoms with Crippen molar-refractivity contribution >= 4 is 17.5 Å². The molecule has 0 radical (unpaired) electrons. The minimum Gasteiger partial charge on any atom is -0.351 e. The number of aromatic nitrogens is 3. The number of H-pyrrole nitrogens is 1. The molecule has 7 nitrogen and oxygen atoms in total. The van der Waals surface area contributed by atoms with Crippen molar-refractivity contribution in [3.05, 3.63) is 78.1 Å². The van der Waals surface area contributed by atoms with Gasteiger partial charge in [-0.1, -0.05) is 39.0 Å². The van der Waals surface area contributed by atoms with E-state index < -0.39 is 6.04 Å². The summed E-state index contributed by atoms with van der Waals surface area (Å²) < 4.78 is 0. The molecule has 31 heavy (non-hydrogen) atoms. The Morgan fingerprint density at radius 3 is 2.39 bits per heavy atom. The van der Waals surface area contributed by atoms with Crippen LogP contribution < -0.4 is 10.2 Å². The molecule has 2 heterocycles. The Hall–Kier alpha value is -3.48. The fourth-order valence-electron chi connectivity index (χ4n) is 3.47. The summed E-state index contributed by atoms with van der Waals surface area (Å²) in [6.45, 7) is 6.41. The molecule has 0 saturated heterocycles. The molecule has 1 atom stereocenters. The molecule has 1 aromatic carbocycles. The Morgan fingerprint density at radius 2 is 1.84 bits per heavy atom. The molecule has 2 N–H and O–H groups in total. The number of anilines is 1. The van der Waals surface area contributed by atoms with Crippen LogP contribution in [-0.4, -0.2) is 32.8 Å². The zero-order valence-electron chi connectivity index (χ0n) is 18.0. The summed E-state index contributed by atoms with van der Waals surface area (Å²) in [6, 6.07) is 10.7. The number of nitrogens with zero attached hydrogens (tertiary/aromatic N) is 3. The van der Waals surface area contributed by atoms with E-state index in [4.69, 9.17) is 0 Å². The molecule has 1 aliphatic carbocycles. The predicted octanol–water partition coefficient (Wildman–Crippen LogP) is 3.77. The smallest absolute Gasteiger partial charge is 0.277 e. The monoisotopic (exact) mass is 417 g/mol. The zero-order chi connectivity index (χ0) is 22.0. The average Bonchev–Trinajstić information content (AvgIpc) is 3.39. The average molecular weight is 418 g/mol. The number of hydrogen-bond acceptors (Lipinski definition) is 4. The quantitative estimate of drug-likeness (QED) is 0.639. The first-order valence-electron chi connectivity index (χ1n) is 10.5. The Labute approximate surface area is 181 Å². The van der Waals surface area contributed by atoms with Crippen molar-refractivity contribution in [2.24, 2.45) is 0 Å². The first-order chi connectivity index (χ1) is 14.8. The van der Waals surface area contributed by atoms with Crippen LogP contribution in [0.15, 0.2) is 61.3 Å². The van der Waals surface area contributed by atoms with Crippen molar-refractivity contribution in [3.63, 3.8) is 0 Å². The second kappa shape index (κ2) is 8.34. The fraction of sp³-hybridized carbons (Fsp3) is 0.333. The number of nitrogens with one attached hydrogen (secondary N) is 2. The number of aromatic amines is 1. The molecule has 2 aromatic heterocycles. The van der Waals surface area contributed by atoms with Gasteiger partial charge in [0.05, 0.1) is 12.5 Å². The van der Waals surface area contributed by atoms with Gasteiger partial charge in [0.2, 0.25) is 5.91 Å². The maximum atomic E-state index is 13.6. The van der Waals surface area contributed by atoms with E-state index in [9.17, 15) is 9.59 Å². The van der Waals surface area contributed by atoms with Gasteiger partial charge in [0, 0.05) is 29.7 Å². The summed E-state index contributed by atoms with van der Waals surface area (Å²) in [7, 11) is 0. The number of pyridine rings is 1. The summed E-state index contributed by atoms with van der Waals surface area (Å²) >= 11 is 0. The van der Waals surface area contributed by atoms with Gasteiger partial charge in [-0.3, -0.25) is 19.5 Å². The summed E-state index contributed by atoms with van der Waals surface area (Å²) in [6.07, 6.45) is 8.13. The van der Waals surface area contributed by atoms with E-state index in [1.807, 2.05) is 30.3 Å². The third kappa shape index (κ3) is 4.66. The van der Waals surface area contributed by atoms with Gasteiger partial charge in [-0.2, -0.15) is 0 Å². The largest absolute Gasteiger partial charge is 0.351 e. The number of rotatable bonds is 6. The van der Waals surface area contributed by atoms with Crippen LogP contribution in [0.4, 0.5) is 5.69 Å². The SMILES string of the molecule is CC(C)(C)c1ccc(N(C(=O)c2cnc[nH]2)C(C(=O)NC2CC2)c2cccnc2)cc1. The van der Waals surface area contributed by atoms with Crippen LogP contribution in [0.5, 0.6) is 0 Å². The normalized spacial score (nSPS) is 14.7. The molecule has 0 spiro atoms. The molecule has 3 aromatic rings. The van der Waals surface area contributed by atoms with Crippen molar-refractivity contribution in [1.82, 2.24) is 20.3 Å². The maximum absolute atomic E-state index is 13.6. The highest BCUT2D eigenvalue weighted by Crippen LogP contribution is 2.32. The van der Waals surface area contributed by atoms with Crippen molar-refractivity contribution in [2.45, 2.75) is 51.1 Å². The van der Waals surface area contributed by atoms with E-state index in [0.29, 0.717) is 16.9 Å². The number of imidazole rings is 1. The Morgan fingerprint density at radius 1 is 1.10 bits per heavy atom. The molecule has 1 fully saturated rings. The van der Waals surface area contributed by atoms with Crippen LogP contribution in [0.25, 0.3) is 0 Å². The number of carbonyl (C=O) groups is 2. The third-order valence-corrected chi connectivity index (χ3v) is 5.39. The first kappa shape index (κ1) is 20.8. The van der Waals surface area contributed by atoms with Gasteiger partial charge < -0.3 is 10.3 Å². The van der Waals surface area contributed by atoms with Gasteiger partial charge in [-0.15, -0.1) is 0 Å². The molecule has 7 heteroatoms. The zero-order valence-corrected chi connectivity index (χ0v) is 18.0. The van der Waals surface area contributed by atoms with Crippen LogP contribution in [-0.2, 0) is 10.2 Å². The lowest BCUT2D eigenvalue weighted by Gasteiger charge is -2.31. The number of amides is 2. The summed E-state index contributed by atoms with van der Waals surface area (Å²) in [4.78, 5) is 39.5. The van der Waals surface area contributed by atoms with Crippen LogP contribution in [0, 0.1) is 0 Å². The van der Waals surface area contributed by atoms with Crippen molar-refractivity contribution in [2.75, 3.05) is 4.90 Å². The third-order valence-electron chi connectivity index (χ3n) is 5.39. The highest BCUT2D eigenvalue weighted by atomic mass is 16.2. The van der Waals surface area contributed by atoms with E-state index in [2.05, 4.69) is 41.0 Å². The van der Waals surface area contributed by atoms with Gasteiger partial charge in [0.25, 0.3) is 5.91 Å². The first-order valence-corrected chi connectivity index (χ1v) is 10.5. The Kier molecular flexibility index (Phi) is 5.59. The molecule has 1 unspecified atom stereocenters. The highest BCUT2D eigenvalue weighted by molar-refractivity contribution is 6.09. The number of hydrogen-bond donors (Lipinski definition) is 2. The Bertz CT molecular complexity index is 1040. The molecule has 1 aliphatic rings. The predicted molar refractivity (Wildman–Crippen MR) is 119 cm³/mol. The van der Waals surface area contributed by atoms with Crippen molar-refractivity contribution in [1.29, 1.82) is 0 Å². The molecule has 0 aliphatic heterocycles. The van der Waals surface area contributed by atoms with Crippen LogP contribution in [0.2, 0.25) is 0 Å². The molecule has 4 rings (SSSR count). The fourth-order valence-corrected chi connectivity index (χ4v) is 3.47. The molecule has 160 valence electrons. The van der Waals surface area contributed by atoms with Gasteiger partial charge in [-0.25, -0.2) is 4.98 Å². The number of benzene rings is 1. The van der Waals surface area contributed by atoms with Gasteiger partial charge >= 0.3 is 0 Å². The van der Waals surface area contributed by atoms with Crippen molar-refractivity contribution in [3.8, 4) is 0 Å². The van der Waals surface area contributed by atoms with E-state index in [-0.39, 0.29) is 23.3 Å². The second-order valence-corrected chi connectivity index (χ2v) is 8.91. The molecule has 1 saturated carbocycles. The maximum Gasteiger partial charge on any atom is 0.277 e. The minimum absolute atomic E-state index is 0.0250. The van der Waals surface area contributed by atoms with Crippen LogP contribution >= 0.6 is 0 Å². The summed E-state index contributed by atoms with van der Waals surface area (Å²) in [5.41, 5.74) is 2.71. The van der Waals surface area contributed by atoms with Gasteiger partial charge in [0.15, 0.2) is 0 Å². The Balaban J connectivity index is 1.80. The topological polar surface area (TPSA) is 91.0 Å². The lowest BCUT2D eigenvalue weighted by atomic mass is 9.87. The summed E-state index contributed by atoms with van der Waals surface area (Å²) in [5.74, 6) is -0.552. The van der Waals surface area contributed by atoms with E-state index >= 15 is 0 Å². The lowest BCUT2D eigenvalue weighted by Crippen LogP contribution is -2.44. The molecule has 2 amide bonds.